The second-order valence-electron chi connectivity index (χ2n) is 4.89. The van der Waals surface area contributed by atoms with Gasteiger partial charge >= 0.3 is 5.69 Å². The molecule has 0 spiro atoms. The predicted octanol–water partition coefficient (Wildman–Crippen LogP) is 3.38. The number of rotatable bonds is 4. The quantitative estimate of drug-likeness (QED) is 0.677. The number of nitrogens with one attached hydrogen (secondary N) is 1. The molecule has 0 radical (unpaired) electrons. The van der Waals surface area contributed by atoms with E-state index in [1.807, 2.05) is 11.8 Å². The van der Waals surface area contributed by atoms with Crippen LogP contribution >= 0.6 is 11.8 Å². The van der Waals surface area contributed by atoms with Gasteiger partial charge in [0.1, 0.15) is 0 Å². The van der Waals surface area contributed by atoms with Gasteiger partial charge in [-0.1, -0.05) is 12.8 Å². The fourth-order valence-corrected chi connectivity index (χ4v) is 3.54. The average Bonchev–Trinajstić information content (AvgIpc) is 2.39. The summed E-state index contributed by atoms with van der Waals surface area (Å²) < 4.78 is 0. The molecule has 2 unspecified atom stereocenters. The first-order valence-electron chi connectivity index (χ1n) is 6.53. The fourth-order valence-electron chi connectivity index (χ4n) is 2.61. The van der Waals surface area contributed by atoms with Gasteiger partial charge < -0.3 is 5.32 Å². The van der Waals surface area contributed by atoms with Gasteiger partial charge in [0, 0.05) is 23.1 Å². The first-order chi connectivity index (χ1) is 9.13. The minimum atomic E-state index is -0.346. The molecule has 0 aliphatic heterocycles. The van der Waals surface area contributed by atoms with E-state index in [1.165, 1.54) is 19.3 Å². The molecular formula is C13H19N3O2S. The van der Waals surface area contributed by atoms with E-state index in [4.69, 9.17) is 0 Å². The van der Waals surface area contributed by atoms with Crippen LogP contribution in [0, 0.1) is 17.0 Å². The summed E-state index contributed by atoms with van der Waals surface area (Å²) in [7, 11) is 0. The molecule has 1 aliphatic carbocycles. The summed E-state index contributed by atoms with van der Waals surface area (Å²) in [6, 6.07) is 1.95. The van der Waals surface area contributed by atoms with E-state index in [9.17, 15) is 10.1 Å². The van der Waals surface area contributed by atoms with Crippen LogP contribution in [0.1, 0.15) is 31.2 Å². The van der Waals surface area contributed by atoms with Crippen LogP contribution in [-0.2, 0) is 0 Å². The van der Waals surface area contributed by atoms with E-state index in [-0.39, 0.29) is 16.7 Å². The maximum atomic E-state index is 11.2. The van der Waals surface area contributed by atoms with E-state index < -0.39 is 0 Å². The van der Waals surface area contributed by atoms with Crippen molar-refractivity contribution in [1.82, 2.24) is 4.98 Å². The van der Waals surface area contributed by atoms with Crippen LogP contribution in [0.2, 0.25) is 0 Å². The maximum Gasteiger partial charge on any atom is 0.314 e. The van der Waals surface area contributed by atoms with Gasteiger partial charge in [-0.25, -0.2) is 4.98 Å². The van der Waals surface area contributed by atoms with E-state index in [0.29, 0.717) is 16.6 Å². The highest BCUT2D eigenvalue weighted by molar-refractivity contribution is 7.99. The smallest absolute Gasteiger partial charge is 0.314 e. The van der Waals surface area contributed by atoms with Crippen molar-refractivity contribution in [3.05, 3.63) is 27.9 Å². The SMILES string of the molecule is CSC1CCCCC1Nc1nccc(C)c1[N+](=O)[O-]. The maximum absolute atomic E-state index is 11.2. The van der Waals surface area contributed by atoms with Crippen LogP contribution in [0.5, 0.6) is 0 Å². The van der Waals surface area contributed by atoms with Crippen molar-refractivity contribution < 1.29 is 4.92 Å². The van der Waals surface area contributed by atoms with Crippen LogP contribution in [0.3, 0.4) is 0 Å². The number of nitro groups is 1. The lowest BCUT2D eigenvalue weighted by molar-refractivity contribution is -0.384. The van der Waals surface area contributed by atoms with Gasteiger partial charge in [-0.3, -0.25) is 10.1 Å². The molecule has 104 valence electrons. The number of hydrogen-bond donors (Lipinski definition) is 1. The first kappa shape index (κ1) is 14.1. The molecule has 1 aromatic heterocycles. The number of aryl methyl sites for hydroxylation is 1. The standard InChI is InChI=1S/C13H19N3O2S/c1-9-7-8-14-13(12(9)16(17)18)15-10-5-3-4-6-11(10)19-2/h7-8,10-11H,3-6H2,1-2H3,(H,14,15). The summed E-state index contributed by atoms with van der Waals surface area (Å²) in [5.74, 6) is 0.413. The Morgan fingerprint density at radius 1 is 1.47 bits per heavy atom. The summed E-state index contributed by atoms with van der Waals surface area (Å²) in [6.07, 6.45) is 8.36. The lowest BCUT2D eigenvalue weighted by atomic mass is 9.95. The second kappa shape index (κ2) is 6.23. The molecular weight excluding hydrogens is 262 g/mol. The molecule has 0 bridgehead atoms. The number of anilines is 1. The van der Waals surface area contributed by atoms with Gasteiger partial charge in [-0.15, -0.1) is 0 Å². The van der Waals surface area contributed by atoms with Gasteiger partial charge in [0.2, 0.25) is 5.82 Å². The van der Waals surface area contributed by atoms with Gasteiger partial charge in [-0.2, -0.15) is 11.8 Å². The number of hydrogen-bond acceptors (Lipinski definition) is 5. The Hall–Kier alpha value is -1.30. The summed E-state index contributed by atoms with van der Waals surface area (Å²) in [6.45, 7) is 1.75. The zero-order valence-corrected chi connectivity index (χ0v) is 12.1. The topological polar surface area (TPSA) is 68.1 Å². The Bertz CT molecular complexity index is 467. The van der Waals surface area contributed by atoms with Crippen LogP contribution < -0.4 is 5.32 Å². The molecule has 1 saturated carbocycles. The summed E-state index contributed by atoms with van der Waals surface area (Å²) in [5, 5.41) is 15.0. The molecule has 2 atom stereocenters. The molecule has 0 saturated heterocycles. The van der Waals surface area contributed by atoms with E-state index in [2.05, 4.69) is 16.6 Å². The molecule has 1 N–H and O–H groups in total. The third-order valence-corrected chi connectivity index (χ3v) is 4.81. The third kappa shape index (κ3) is 3.18. The third-order valence-electron chi connectivity index (χ3n) is 3.64. The van der Waals surface area contributed by atoms with Crippen LogP contribution in [0.4, 0.5) is 11.5 Å². The predicted molar refractivity (Wildman–Crippen MR) is 78.8 cm³/mol. The molecule has 1 aromatic rings. The molecule has 1 fully saturated rings. The molecule has 2 rings (SSSR count). The Morgan fingerprint density at radius 3 is 2.89 bits per heavy atom. The molecule has 1 aliphatic rings. The average molecular weight is 281 g/mol. The minimum Gasteiger partial charge on any atom is -0.360 e. The van der Waals surface area contributed by atoms with Crippen molar-refractivity contribution >= 4 is 23.3 Å². The van der Waals surface area contributed by atoms with Crippen molar-refractivity contribution in [3.63, 3.8) is 0 Å². The van der Waals surface area contributed by atoms with Crippen LogP contribution in [-0.4, -0.2) is 27.5 Å². The lowest BCUT2D eigenvalue weighted by Crippen LogP contribution is -2.34. The molecule has 0 amide bonds. The number of thioether (sulfide) groups is 1. The monoisotopic (exact) mass is 281 g/mol. The molecule has 6 heteroatoms. The Labute approximate surface area is 117 Å². The van der Waals surface area contributed by atoms with Crippen LogP contribution in [0.25, 0.3) is 0 Å². The van der Waals surface area contributed by atoms with Crippen LogP contribution in [0.15, 0.2) is 12.3 Å². The fraction of sp³-hybridized carbons (Fsp3) is 0.615. The zero-order valence-electron chi connectivity index (χ0n) is 11.3. The van der Waals surface area contributed by atoms with Crippen molar-refractivity contribution in [2.24, 2.45) is 0 Å². The molecule has 0 aromatic carbocycles. The normalized spacial score (nSPS) is 23.1. The Morgan fingerprint density at radius 2 is 2.21 bits per heavy atom. The zero-order chi connectivity index (χ0) is 13.8. The highest BCUT2D eigenvalue weighted by Crippen LogP contribution is 2.32. The molecule has 19 heavy (non-hydrogen) atoms. The van der Waals surface area contributed by atoms with E-state index in [0.717, 1.165) is 6.42 Å². The van der Waals surface area contributed by atoms with Gasteiger partial charge in [-0.05, 0) is 32.1 Å². The Balaban J connectivity index is 2.22. The summed E-state index contributed by atoms with van der Waals surface area (Å²) in [4.78, 5) is 15.0. The van der Waals surface area contributed by atoms with Crippen molar-refractivity contribution in [2.75, 3.05) is 11.6 Å². The number of nitrogens with zero attached hydrogens (tertiary/aromatic N) is 2. The first-order valence-corrected chi connectivity index (χ1v) is 7.81. The van der Waals surface area contributed by atoms with Crippen molar-refractivity contribution in [1.29, 1.82) is 0 Å². The molecule has 1 heterocycles. The van der Waals surface area contributed by atoms with Crippen molar-refractivity contribution in [2.45, 2.75) is 43.9 Å². The Kier molecular flexibility index (Phi) is 4.63. The largest absolute Gasteiger partial charge is 0.360 e. The van der Waals surface area contributed by atoms with Gasteiger partial charge in [0.05, 0.1) is 4.92 Å². The number of aromatic nitrogens is 1. The van der Waals surface area contributed by atoms with Gasteiger partial charge in [0.25, 0.3) is 0 Å². The van der Waals surface area contributed by atoms with E-state index in [1.54, 1.807) is 19.2 Å². The van der Waals surface area contributed by atoms with Crippen molar-refractivity contribution in [3.8, 4) is 0 Å². The highest BCUT2D eigenvalue weighted by atomic mass is 32.2. The van der Waals surface area contributed by atoms with E-state index >= 15 is 0 Å². The number of pyridine rings is 1. The van der Waals surface area contributed by atoms with Gasteiger partial charge in [0.15, 0.2) is 0 Å². The summed E-state index contributed by atoms with van der Waals surface area (Å²) in [5.41, 5.74) is 0.756. The lowest BCUT2D eigenvalue weighted by Gasteiger charge is -2.31. The highest BCUT2D eigenvalue weighted by Gasteiger charge is 2.27. The molecule has 5 nitrogen and oxygen atoms in total. The minimum absolute atomic E-state index is 0.105. The summed E-state index contributed by atoms with van der Waals surface area (Å²) >= 11 is 1.83. The second-order valence-corrected chi connectivity index (χ2v) is 5.97.